The molecule has 1 rings (SSSR count). The predicted molar refractivity (Wildman–Crippen MR) is 77.8 cm³/mol. The number of nitrogens with one attached hydrogen (secondary N) is 1. The van der Waals surface area contributed by atoms with Crippen molar-refractivity contribution in [1.82, 2.24) is 5.32 Å². The van der Waals surface area contributed by atoms with Crippen LogP contribution in [0.4, 0.5) is 4.39 Å². The van der Waals surface area contributed by atoms with Gasteiger partial charge in [-0.2, -0.15) is 0 Å². The molecule has 18 heavy (non-hydrogen) atoms. The molecule has 1 atom stereocenters. The van der Waals surface area contributed by atoms with Gasteiger partial charge < -0.3 is 5.32 Å². The standard InChI is InChI=1S/C15H19BrFN/c1-3-5-6-7-15(18-10-4-2)13-11-12(16)8-9-14(13)17/h8-9,11,15,18H,4,6-7,10H2,1-2H3. The topological polar surface area (TPSA) is 12.0 Å². The Bertz CT molecular complexity index is 434. The van der Waals surface area contributed by atoms with Gasteiger partial charge in [0.25, 0.3) is 0 Å². The average Bonchev–Trinajstić information content (AvgIpc) is 2.37. The van der Waals surface area contributed by atoms with Crippen molar-refractivity contribution in [3.05, 3.63) is 34.1 Å². The minimum atomic E-state index is -0.156. The SMILES string of the molecule is CC#CCCC(NCCC)c1cc(Br)ccc1F. The largest absolute Gasteiger partial charge is 0.310 e. The van der Waals surface area contributed by atoms with Gasteiger partial charge in [0.2, 0.25) is 0 Å². The summed E-state index contributed by atoms with van der Waals surface area (Å²) in [4.78, 5) is 0. The summed E-state index contributed by atoms with van der Waals surface area (Å²) < 4.78 is 14.8. The molecule has 3 heteroatoms. The van der Waals surface area contributed by atoms with Gasteiger partial charge in [-0.25, -0.2) is 4.39 Å². The third-order valence-corrected chi connectivity index (χ3v) is 3.20. The van der Waals surface area contributed by atoms with Crippen LogP contribution in [0.5, 0.6) is 0 Å². The zero-order valence-corrected chi connectivity index (χ0v) is 12.5. The summed E-state index contributed by atoms with van der Waals surface area (Å²) in [6.07, 6.45) is 2.64. The fourth-order valence-corrected chi connectivity index (χ4v) is 2.19. The Morgan fingerprint density at radius 3 is 2.89 bits per heavy atom. The van der Waals surface area contributed by atoms with Gasteiger partial charge in [0.15, 0.2) is 0 Å². The molecule has 0 fully saturated rings. The van der Waals surface area contributed by atoms with Crippen LogP contribution in [0.1, 0.15) is 44.7 Å². The van der Waals surface area contributed by atoms with Gasteiger partial charge in [-0.1, -0.05) is 22.9 Å². The molecule has 1 unspecified atom stereocenters. The third-order valence-electron chi connectivity index (χ3n) is 2.71. The van der Waals surface area contributed by atoms with E-state index >= 15 is 0 Å². The van der Waals surface area contributed by atoms with Crippen LogP contribution in [0.3, 0.4) is 0 Å². The van der Waals surface area contributed by atoms with Gasteiger partial charge in [-0.15, -0.1) is 11.8 Å². The van der Waals surface area contributed by atoms with Crippen molar-refractivity contribution in [1.29, 1.82) is 0 Å². The lowest BCUT2D eigenvalue weighted by atomic mass is 10.0. The normalized spacial score (nSPS) is 11.8. The van der Waals surface area contributed by atoms with E-state index in [0.29, 0.717) is 0 Å². The second-order valence-corrected chi connectivity index (χ2v) is 5.05. The average molecular weight is 312 g/mol. The summed E-state index contributed by atoms with van der Waals surface area (Å²) >= 11 is 3.39. The highest BCUT2D eigenvalue weighted by molar-refractivity contribution is 9.10. The van der Waals surface area contributed by atoms with Gasteiger partial charge in [0, 0.05) is 22.5 Å². The van der Waals surface area contributed by atoms with Crippen LogP contribution in [0.15, 0.2) is 22.7 Å². The van der Waals surface area contributed by atoms with Crippen LogP contribution in [0.25, 0.3) is 0 Å². The van der Waals surface area contributed by atoms with Crippen molar-refractivity contribution in [3.63, 3.8) is 0 Å². The summed E-state index contributed by atoms with van der Waals surface area (Å²) in [7, 11) is 0. The zero-order chi connectivity index (χ0) is 13.4. The highest BCUT2D eigenvalue weighted by Gasteiger charge is 2.14. The van der Waals surface area contributed by atoms with Crippen molar-refractivity contribution in [2.75, 3.05) is 6.54 Å². The lowest BCUT2D eigenvalue weighted by Gasteiger charge is -2.19. The quantitative estimate of drug-likeness (QED) is 0.766. The van der Waals surface area contributed by atoms with E-state index in [0.717, 1.165) is 35.8 Å². The van der Waals surface area contributed by atoms with E-state index in [1.807, 2.05) is 13.0 Å². The minimum Gasteiger partial charge on any atom is -0.310 e. The number of rotatable bonds is 6. The van der Waals surface area contributed by atoms with Gasteiger partial charge >= 0.3 is 0 Å². The van der Waals surface area contributed by atoms with E-state index in [2.05, 4.69) is 40.0 Å². The van der Waals surface area contributed by atoms with Crippen molar-refractivity contribution in [2.24, 2.45) is 0 Å². The van der Waals surface area contributed by atoms with Crippen LogP contribution in [-0.2, 0) is 0 Å². The number of halogens is 2. The number of hydrogen-bond acceptors (Lipinski definition) is 1. The fourth-order valence-electron chi connectivity index (χ4n) is 1.81. The molecule has 0 saturated carbocycles. The van der Waals surface area contributed by atoms with Gasteiger partial charge in [0.1, 0.15) is 5.82 Å². The van der Waals surface area contributed by atoms with Crippen LogP contribution in [-0.4, -0.2) is 6.54 Å². The molecule has 0 spiro atoms. The summed E-state index contributed by atoms with van der Waals surface area (Å²) in [5.74, 6) is 5.75. The maximum atomic E-state index is 13.9. The fraction of sp³-hybridized carbons (Fsp3) is 0.467. The van der Waals surface area contributed by atoms with Crippen molar-refractivity contribution < 1.29 is 4.39 Å². The highest BCUT2D eigenvalue weighted by atomic mass is 79.9. The van der Waals surface area contributed by atoms with E-state index in [1.165, 1.54) is 6.07 Å². The summed E-state index contributed by atoms with van der Waals surface area (Å²) in [5.41, 5.74) is 0.718. The lowest BCUT2D eigenvalue weighted by Crippen LogP contribution is -2.23. The molecule has 0 aromatic heterocycles. The molecule has 0 saturated heterocycles. The Kier molecular flexibility index (Phi) is 7.00. The zero-order valence-electron chi connectivity index (χ0n) is 10.9. The van der Waals surface area contributed by atoms with Crippen molar-refractivity contribution in [3.8, 4) is 11.8 Å². The monoisotopic (exact) mass is 311 g/mol. The Balaban J connectivity index is 2.84. The molecule has 1 aromatic rings. The molecular weight excluding hydrogens is 293 g/mol. The molecule has 0 amide bonds. The van der Waals surface area contributed by atoms with Crippen LogP contribution in [0.2, 0.25) is 0 Å². The van der Waals surface area contributed by atoms with E-state index < -0.39 is 0 Å². The molecule has 0 radical (unpaired) electrons. The summed E-state index contributed by atoms with van der Waals surface area (Å²) in [5, 5.41) is 3.38. The van der Waals surface area contributed by atoms with E-state index in [1.54, 1.807) is 6.07 Å². The molecule has 0 aliphatic heterocycles. The predicted octanol–water partition coefficient (Wildman–Crippen LogP) is 4.43. The molecule has 0 aliphatic carbocycles. The Morgan fingerprint density at radius 2 is 2.22 bits per heavy atom. The Labute approximate surface area is 117 Å². The lowest BCUT2D eigenvalue weighted by molar-refractivity contribution is 0.478. The van der Waals surface area contributed by atoms with Crippen LogP contribution >= 0.6 is 15.9 Å². The number of hydrogen-bond donors (Lipinski definition) is 1. The maximum absolute atomic E-state index is 13.9. The van der Waals surface area contributed by atoms with E-state index in [9.17, 15) is 4.39 Å². The summed E-state index contributed by atoms with van der Waals surface area (Å²) in [6, 6.07) is 5.11. The maximum Gasteiger partial charge on any atom is 0.128 e. The van der Waals surface area contributed by atoms with Crippen molar-refractivity contribution in [2.45, 2.75) is 39.2 Å². The third kappa shape index (κ3) is 4.80. The smallest absolute Gasteiger partial charge is 0.128 e. The van der Waals surface area contributed by atoms with Gasteiger partial charge in [-0.05, 0) is 44.5 Å². The first kappa shape index (κ1) is 15.2. The van der Waals surface area contributed by atoms with Gasteiger partial charge in [0.05, 0.1) is 0 Å². The van der Waals surface area contributed by atoms with E-state index in [4.69, 9.17) is 0 Å². The first-order chi connectivity index (χ1) is 8.69. The molecule has 0 aliphatic rings. The highest BCUT2D eigenvalue weighted by Crippen LogP contribution is 2.25. The first-order valence-corrected chi connectivity index (χ1v) is 7.06. The van der Waals surface area contributed by atoms with Crippen LogP contribution in [0, 0.1) is 17.7 Å². The molecule has 98 valence electrons. The Morgan fingerprint density at radius 1 is 1.44 bits per heavy atom. The molecule has 0 bridgehead atoms. The number of benzene rings is 1. The molecule has 0 heterocycles. The molecular formula is C15H19BrFN. The molecule has 1 nitrogen and oxygen atoms in total. The Hall–Kier alpha value is -0.850. The first-order valence-electron chi connectivity index (χ1n) is 6.27. The second-order valence-electron chi connectivity index (χ2n) is 4.14. The minimum absolute atomic E-state index is 0.0308. The summed E-state index contributed by atoms with van der Waals surface area (Å²) in [6.45, 7) is 4.82. The van der Waals surface area contributed by atoms with E-state index in [-0.39, 0.29) is 11.9 Å². The van der Waals surface area contributed by atoms with Crippen molar-refractivity contribution >= 4 is 15.9 Å². The van der Waals surface area contributed by atoms with Crippen LogP contribution < -0.4 is 5.32 Å². The molecule has 1 aromatic carbocycles. The second kappa shape index (κ2) is 8.29. The van der Waals surface area contributed by atoms with Gasteiger partial charge in [-0.3, -0.25) is 0 Å². The molecule has 1 N–H and O–H groups in total.